The molecule has 19 heavy (non-hydrogen) atoms. The third-order valence-corrected chi connectivity index (χ3v) is 3.69. The van der Waals surface area contributed by atoms with Crippen molar-refractivity contribution < 1.29 is 5.11 Å². The van der Waals surface area contributed by atoms with E-state index in [2.05, 4.69) is 18.2 Å². The fraction of sp³-hybridized carbons (Fsp3) is 0.294. The Kier molecular flexibility index (Phi) is 3.98. The van der Waals surface area contributed by atoms with Gasteiger partial charge in [0.05, 0.1) is 5.60 Å². The number of hydrogen-bond acceptors (Lipinski definition) is 1. The Morgan fingerprint density at radius 2 is 1.68 bits per heavy atom. The molecule has 0 fully saturated rings. The molecule has 2 aromatic rings. The van der Waals surface area contributed by atoms with Gasteiger partial charge < -0.3 is 5.11 Å². The monoisotopic (exact) mass is 274 g/mol. The van der Waals surface area contributed by atoms with Gasteiger partial charge in [0.2, 0.25) is 0 Å². The summed E-state index contributed by atoms with van der Waals surface area (Å²) in [6.45, 7) is 5.94. The maximum absolute atomic E-state index is 10.8. The minimum Gasteiger partial charge on any atom is -0.385 e. The molecule has 0 aromatic heterocycles. The number of halogens is 1. The Labute approximate surface area is 119 Å². The first-order valence-corrected chi connectivity index (χ1v) is 6.81. The van der Waals surface area contributed by atoms with E-state index in [1.54, 1.807) is 0 Å². The third kappa shape index (κ3) is 3.37. The average Bonchev–Trinajstić information content (AvgIpc) is 2.35. The molecular formula is C17H19ClO. The molecule has 0 saturated carbocycles. The maximum Gasteiger partial charge on any atom is 0.0911 e. The SMILES string of the molecule is Cc1ccc(C)c(C(C)(O)Cc2ccc(Cl)cc2)c1. The molecule has 0 heterocycles. The fourth-order valence-electron chi connectivity index (χ4n) is 2.41. The van der Waals surface area contributed by atoms with E-state index in [-0.39, 0.29) is 0 Å². The highest BCUT2D eigenvalue weighted by Crippen LogP contribution is 2.29. The number of hydrogen-bond donors (Lipinski definition) is 1. The highest BCUT2D eigenvalue weighted by Gasteiger charge is 2.25. The lowest BCUT2D eigenvalue weighted by Crippen LogP contribution is -2.25. The Balaban J connectivity index is 2.31. The minimum atomic E-state index is -0.871. The lowest BCUT2D eigenvalue weighted by atomic mass is 9.85. The quantitative estimate of drug-likeness (QED) is 0.879. The van der Waals surface area contributed by atoms with E-state index in [1.807, 2.05) is 45.0 Å². The Morgan fingerprint density at radius 3 is 2.32 bits per heavy atom. The normalized spacial score (nSPS) is 14.2. The molecule has 1 atom stereocenters. The van der Waals surface area contributed by atoms with E-state index in [1.165, 1.54) is 0 Å². The van der Waals surface area contributed by atoms with Crippen LogP contribution in [0.25, 0.3) is 0 Å². The van der Waals surface area contributed by atoms with Crippen molar-refractivity contribution in [2.45, 2.75) is 32.8 Å². The van der Waals surface area contributed by atoms with Gasteiger partial charge in [0.1, 0.15) is 0 Å². The molecule has 0 saturated heterocycles. The van der Waals surface area contributed by atoms with Gasteiger partial charge in [-0.15, -0.1) is 0 Å². The molecule has 1 unspecified atom stereocenters. The zero-order chi connectivity index (χ0) is 14.0. The Morgan fingerprint density at radius 1 is 1.05 bits per heavy atom. The van der Waals surface area contributed by atoms with E-state index in [9.17, 15) is 5.11 Å². The van der Waals surface area contributed by atoms with Crippen molar-refractivity contribution in [3.8, 4) is 0 Å². The van der Waals surface area contributed by atoms with Crippen LogP contribution >= 0.6 is 11.6 Å². The van der Waals surface area contributed by atoms with Gasteiger partial charge in [0.25, 0.3) is 0 Å². The maximum atomic E-state index is 10.8. The highest BCUT2D eigenvalue weighted by atomic mass is 35.5. The molecule has 0 aliphatic heterocycles. The van der Waals surface area contributed by atoms with Crippen LogP contribution in [0.1, 0.15) is 29.2 Å². The molecule has 0 bridgehead atoms. The molecule has 0 aliphatic carbocycles. The van der Waals surface area contributed by atoms with Crippen LogP contribution < -0.4 is 0 Å². The van der Waals surface area contributed by atoms with Gasteiger partial charge >= 0.3 is 0 Å². The second-order valence-electron chi connectivity index (χ2n) is 5.40. The summed E-state index contributed by atoms with van der Waals surface area (Å²) in [4.78, 5) is 0. The van der Waals surface area contributed by atoms with Crippen LogP contribution in [0.2, 0.25) is 5.02 Å². The highest BCUT2D eigenvalue weighted by molar-refractivity contribution is 6.30. The predicted molar refractivity (Wildman–Crippen MR) is 80.6 cm³/mol. The van der Waals surface area contributed by atoms with Gasteiger partial charge in [-0.05, 0) is 49.6 Å². The Bertz CT molecular complexity index is 570. The molecule has 0 spiro atoms. The summed E-state index contributed by atoms with van der Waals surface area (Å²) >= 11 is 5.88. The first kappa shape index (κ1) is 14.1. The van der Waals surface area contributed by atoms with Crippen molar-refractivity contribution in [3.63, 3.8) is 0 Å². The van der Waals surface area contributed by atoms with E-state index in [4.69, 9.17) is 11.6 Å². The molecule has 2 heteroatoms. The molecule has 1 nitrogen and oxygen atoms in total. The molecule has 1 N–H and O–H groups in total. The summed E-state index contributed by atoms with van der Waals surface area (Å²) in [5.74, 6) is 0. The van der Waals surface area contributed by atoms with Crippen molar-refractivity contribution in [2.24, 2.45) is 0 Å². The second kappa shape index (κ2) is 5.36. The van der Waals surface area contributed by atoms with Crippen LogP contribution in [0.4, 0.5) is 0 Å². The van der Waals surface area contributed by atoms with Gasteiger partial charge in [0.15, 0.2) is 0 Å². The van der Waals surface area contributed by atoms with Crippen molar-refractivity contribution in [1.29, 1.82) is 0 Å². The van der Waals surface area contributed by atoms with Crippen LogP contribution in [-0.4, -0.2) is 5.11 Å². The number of benzene rings is 2. The van der Waals surface area contributed by atoms with Gasteiger partial charge in [-0.2, -0.15) is 0 Å². The molecule has 2 aromatic carbocycles. The second-order valence-corrected chi connectivity index (χ2v) is 5.83. The van der Waals surface area contributed by atoms with Crippen molar-refractivity contribution in [1.82, 2.24) is 0 Å². The lowest BCUT2D eigenvalue weighted by Gasteiger charge is -2.26. The largest absolute Gasteiger partial charge is 0.385 e. The molecule has 2 rings (SSSR count). The van der Waals surface area contributed by atoms with E-state index < -0.39 is 5.60 Å². The zero-order valence-corrected chi connectivity index (χ0v) is 12.3. The molecule has 0 aliphatic rings. The van der Waals surface area contributed by atoms with Crippen molar-refractivity contribution in [3.05, 3.63) is 69.7 Å². The standard InChI is InChI=1S/C17H19ClO/c1-12-4-5-13(2)16(10-12)17(3,19)11-14-6-8-15(18)9-7-14/h4-10,19H,11H2,1-3H3. The summed E-state index contributed by atoms with van der Waals surface area (Å²) in [6, 6.07) is 13.8. The summed E-state index contributed by atoms with van der Waals surface area (Å²) < 4.78 is 0. The number of aliphatic hydroxyl groups is 1. The van der Waals surface area contributed by atoms with Gasteiger partial charge in [-0.3, -0.25) is 0 Å². The third-order valence-electron chi connectivity index (χ3n) is 3.43. The number of rotatable bonds is 3. The summed E-state index contributed by atoms with van der Waals surface area (Å²) in [5, 5.41) is 11.5. The molecule has 0 radical (unpaired) electrons. The summed E-state index contributed by atoms with van der Waals surface area (Å²) in [5.41, 5.74) is 3.48. The van der Waals surface area contributed by atoms with Gasteiger partial charge in [-0.25, -0.2) is 0 Å². The van der Waals surface area contributed by atoms with Crippen molar-refractivity contribution in [2.75, 3.05) is 0 Å². The summed E-state index contributed by atoms with van der Waals surface area (Å²) in [7, 11) is 0. The van der Waals surface area contributed by atoms with Crippen LogP contribution in [0.5, 0.6) is 0 Å². The van der Waals surface area contributed by atoms with Crippen molar-refractivity contribution >= 4 is 11.6 Å². The smallest absolute Gasteiger partial charge is 0.0911 e. The fourth-order valence-corrected chi connectivity index (χ4v) is 2.54. The lowest BCUT2D eigenvalue weighted by molar-refractivity contribution is 0.0569. The van der Waals surface area contributed by atoms with E-state index in [0.717, 1.165) is 27.3 Å². The molecule has 0 amide bonds. The zero-order valence-electron chi connectivity index (χ0n) is 11.6. The topological polar surface area (TPSA) is 20.2 Å². The first-order chi connectivity index (χ1) is 8.88. The number of aryl methyl sites for hydroxylation is 2. The van der Waals surface area contributed by atoms with Crippen LogP contribution in [0.15, 0.2) is 42.5 Å². The predicted octanol–water partition coefficient (Wildman–Crippen LogP) is 4.41. The van der Waals surface area contributed by atoms with Gasteiger partial charge in [-0.1, -0.05) is 47.5 Å². The van der Waals surface area contributed by atoms with E-state index >= 15 is 0 Å². The average molecular weight is 275 g/mol. The molecule has 100 valence electrons. The van der Waals surface area contributed by atoms with Crippen LogP contribution in [0.3, 0.4) is 0 Å². The first-order valence-electron chi connectivity index (χ1n) is 6.43. The van der Waals surface area contributed by atoms with E-state index in [0.29, 0.717) is 6.42 Å². The summed E-state index contributed by atoms with van der Waals surface area (Å²) in [6.07, 6.45) is 0.578. The molecular weight excluding hydrogens is 256 g/mol. The van der Waals surface area contributed by atoms with Crippen LogP contribution in [0, 0.1) is 13.8 Å². The minimum absolute atomic E-state index is 0.578. The van der Waals surface area contributed by atoms with Gasteiger partial charge in [0, 0.05) is 11.4 Å². The van der Waals surface area contributed by atoms with Crippen LogP contribution in [-0.2, 0) is 12.0 Å². The Hall–Kier alpha value is -1.31.